The maximum Gasteiger partial charge on any atom is 0.351 e. The summed E-state index contributed by atoms with van der Waals surface area (Å²) in [6, 6.07) is 6.87. The molecule has 1 amide bonds. The lowest BCUT2D eigenvalue weighted by Crippen LogP contribution is -3.12. The third-order valence-electron chi connectivity index (χ3n) is 5.39. The van der Waals surface area contributed by atoms with E-state index in [1.807, 2.05) is 11.0 Å². The monoisotopic (exact) mass is 421 g/mol. The number of carboxylic acid groups (broad SMARTS) is 2. The summed E-state index contributed by atoms with van der Waals surface area (Å²) in [6.07, 6.45) is 5.52. The minimum Gasteiger partial charge on any atom is -0.539 e. The number of likely N-dealkylation sites (tertiary alicyclic amines) is 2. The van der Waals surface area contributed by atoms with Crippen molar-refractivity contribution < 1.29 is 34.4 Å². The Morgan fingerprint density at radius 1 is 1.17 bits per heavy atom. The molecule has 0 bridgehead atoms. The Bertz CT molecular complexity index is 765. The van der Waals surface area contributed by atoms with Gasteiger partial charge in [-0.25, -0.2) is 4.79 Å². The van der Waals surface area contributed by atoms with Gasteiger partial charge in [0.1, 0.15) is 6.54 Å². The Labute approximate surface area is 174 Å². The molecule has 2 fully saturated rings. The molecule has 1 aromatic carbocycles. The van der Waals surface area contributed by atoms with E-state index in [4.69, 9.17) is 19.8 Å². The highest BCUT2D eigenvalue weighted by Gasteiger charge is 2.32. The predicted molar refractivity (Wildman–Crippen MR) is 103 cm³/mol. The number of quaternary nitrogens is 1. The van der Waals surface area contributed by atoms with Gasteiger partial charge in [-0.15, -0.1) is 0 Å². The molecule has 30 heavy (non-hydrogen) atoms. The average molecular weight is 421 g/mol. The molecule has 0 radical (unpaired) electrons. The van der Waals surface area contributed by atoms with Gasteiger partial charge in [-0.1, -0.05) is 12.1 Å². The Balaban J connectivity index is 0.000000469. The van der Waals surface area contributed by atoms with E-state index in [0.29, 0.717) is 5.91 Å². The molecule has 0 spiro atoms. The fourth-order valence-electron chi connectivity index (χ4n) is 3.96. The van der Waals surface area contributed by atoms with Crippen molar-refractivity contribution in [3.63, 3.8) is 0 Å². The van der Waals surface area contributed by atoms with Crippen LogP contribution in [0.15, 0.2) is 24.3 Å². The van der Waals surface area contributed by atoms with Crippen molar-refractivity contribution in [3.05, 3.63) is 39.9 Å². The molecule has 2 saturated heterocycles. The summed E-state index contributed by atoms with van der Waals surface area (Å²) >= 11 is 0. The van der Waals surface area contributed by atoms with Crippen molar-refractivity contribution in [1.29, 1.82) is 0 Å². The molecule has 0 saturated carbocycles. The second kappa shape index (κ2) is 11.2. The molecule has 2 atom stereocenters. The van der Waals surface area contributed by atoms with Crippen molar-refractivity contribution in [3.8, 4) is 0 Å². The van der Waals surface area contributed by atoms with Crippen LogP contribution in [0.1, 0.15) is 37.7 Å². The summed E-state index contributed by atoms with van der Waals surface area (Å²) in [5.41, 5.74) is 1.12. The number of hydrogen-bond acceptors (Lipinski definition) is 6. The van der Waals surface area contributed by atoms with E-state index in [1.54, 1.807) is 12.1 Å². The molecular formula is C20H27N3O7. The highest BCUT2D eigenvalue weighted by molar-refractivity contribution is 6.26. The van der Waals surface area contributed by atoms with Crippen LogP contribution in [-0.2, 0) is 20.9 Å². The van der Waals surface area contributed by atoms with Gasteiger partial charge in [-0.3, -0.25) is 14.9 Å². The predicted octanol–water partition coefficient (Wildman–Crippen LogP) is -0.777. The summed E-state index contributed by atoms with van der Waals surface area (Å²) in [5.74, 6) is -3.57. The van der Waals surface area contributed by atoms with Crippen LogP contribution in [0.3, 0.4) is 0 Å². The maximum absolute atomic E-state index is 12.7. The minimum absolute atomic E-state index is 0.116. The van der Waals surface area contributed by atoms with Crippen LogP contribution in [-0.4, -0.2) is 59.0 Å². The van der Waals surface area contributed by atoms with E-state index in [-0.39, 0.29) is 16.5 Å². The van der Waals surface area contributed by atoms with Crippen molar-refractivity contribution in [2.45, 2.75) is 38.6 Å². The number of carbonyl (C=O) groups is 3. The number of non-ortho nitro benzene ring substituents is 1. The second-order valence-electron chi connectivity index (χ2n) is 7.63. The van der Waals surface area contributed by atoms with E-state index in [9.17, 15) is 14.9 Å². The zero-order valence-electron chi connectivity index (χ0n) is 16.7. The fraction of sp³-hybridized carbons (Fsp3) is 0.550. The third kappa shape index (κ3) is 7.11. The van der Waals surface area contributed by atoms with Gasteiger partial charge < -0.3 is 24.8 Å². The number of hydrogen-bond donors (Lipinski definition) is 2. The van der Waals surface area contributed by atoms with Crippen LogP contribution in [0, 0.1) is 16.0 Å². The van der Waals surface area contributed by atoms with E-state index in [1.165, 1.54) is 17.4 Å². The fourth-order valence-corrected chi connectivity index (χ4v) is 3.96. The van der Waals surface area contributed by atoms with Crippen LogP contribution in [0.2, 0.25) is 0 Å². The first-order chi connectivity index (χ1) is 14.3. The van der Waals surface area contributed by atoms with E-state index in [2.05, 4.69) is 0 Å². The first-order valence-corrected chi connectivity index (χ1v) is 10.1. The van der Waals surface area contributed by atoms with Gasteiger partial charge in [0.25, 0.3) is 5.69 Å². The standard InChI is InChI=1S/C18H25N3O3.C2H2O4/c22-18(20-10-2-1-3-11-20)16-7-5-9-19(14-16)13-15-6-4-8-17(12-15)21(23)24;3-1(4)2(5)6/h4,6,8,12,16H,1-3,5,7,9-11,13-14H2;(H,3,4)(H,5,6). The summed E-state index contributed by atoms with van der Waals surface area (Å²) in [6.45, 7) is 4.46. The number of carbonyl (C=O) groups excluding carboxylic acids is 2. The summed E-state index contributed by atoms with van der Waals surface area (Å²) in [4.78, 5) is 44.7. The van der Waals surface area contributed by atoms with Crippen molar-refractivity contribution in [1.82, 2.24) is 4.90 Å². The number of nitro benzene ring substituents is 1. The molecule has 0 aromatic heterocycles. The molecule has 10 nitrogen and oxygen atoms in total. The number of aliphatic carboxylic acids is 2. The summed E-state index contributed by atoms with van der Waals surface area (Å²) in [7, 11) is 0. The van der Waals surface area contributed by atoms with Gasteiger partial charge in [0.2, 0.25) is 5.91 Å². The molecule has 3 rings (SSSR count). The number of benzene rings is 1. The molecule has 2 N–H and O–H groups in total. The van der Waals surface area contributed by atoms with Crippen molar-refractivity contribution >= 4 is 23.5 Å². The molecule has 10 heteroatoms. The molecule has 2 unspecified atom stereocenters. The van der Waals surface area contributed by atoms with Crippen LogP contribution in [0.25, 0.3) is 0 Å². The van der Waals surface area contributed by atoms with Crippen LogP contribution < -0.4 is 10.0 Å². The molecule has 2 heterocycles. The number of piperidine rings is 2. The number of carboxylic acids is 2. The lowest BCUT2D eigenvalue weighted by atomic mass is 9.95. The van der Waals surface area contributed by atoms with E-state index in [0.717, 1.165) is 64.0 Å². The normalized spacial score (nSPS) is 21.1. The topological polar surface area (TPSA) is 145 Å². The molecular weight excluding hydrogens is 394 g/mol. The Morgan fingerprint density at radius 2 is 1.83 bits per heavy atom. The number of nitrogens with one attached hydrogen (secondary N) is 1. The van der Waals surface area contributed by atoms with Gasteiger partial charge >= 0.3 is 5.97 Å². The third-order valence-corrected chi connectivity index (χ3v) is 5.39. The first-order valence-electron chi connectivity index (χ1n) is 10.1. The largest absolute Gasteiger partial charge is 0.539 e. The number of nitrogens with zero attached hydrogens (tertiary/aromatic N) is 2. The SMILES string of the molecule is O=C(C1CCC[NH+](Cc2cccc([N+](=O)[O-])c2)C1)N1CCCCC1.O=C([O-])C(=O)O. The number of amides is 1. The summed E-state index contributed by atoms with van der Waals surface area (Å²) < 4.78 is 0. The van der Waals surface area contributed by atoms with Gasteiger partial charge in [0.05, 0.1) is 23.9 Å². The number of rotatable bonds is 4. The van der Waals surface area contributed by atoms with Gasteiger partial charge in [-0.05, 0) is 32.1 Å². The van der Waals surface area contributed by atoms with Gasteiger partial charge in [0.15, 0.2) is 5.97 Å². The van der Waals surface area contributed by atoms with Crippen molar-refractivity contribution in [2.24, 2.45) is 5.92 Å². The molecule has 0 aliphatic carbocycles. The highest BCUT2D eigenvalue weighted by atomic mass is 16.6. The average Bonchev–Trinajstić information content (AvgIpc) is 2.74. The molecule has 2 aliphatic heterocycles. The zero-order chi connectivity index (χ0) is 22.1. The van der Waals surface area contributed by atoms with Crippen LogP contribution in [0.5, 0.6) is 0 Å². The van der Waals surface area contributed by atoms with Crippen molar-refractivity contribution in [2.75, 3.05) is 26.2 Å². The van der Waals surface area contributed by atoms with Crippen LogP contribution >= 0.6 is 0 Å². The van der Waals surface area contributed by atoms with Crippen LogP contribution in [0.4, 0.5) is 5.69 Å². The first kappa shape index (κ1) is 23.3. The summed E-state index contributed by atoms with van der Waals surface area (Å²) in [5, 5.41) is 27.2. The zero-order valence-corrected chi connectivity index (χ0v) is 16.7. The minimum atomic E-state index is -2.07. The maximum atomic E-state index is 12.7. The Morgan fingerprint density at radius 3 is 2.43 bits per heavy atom. The van der Waals surface area contributed by atoms with E-state index >= 15 is 0 Å². The highest BCUT2D eigenvalue weighted by Crippen LogP contribution is 2.17. The molecule has 164 valence electrons. The van der Waals surface area contributed by atoms with E-state index < -0.39 is 11.9 Å². The molecule has 1 aromatic rings. The Kier molecular flexibility index (Phi) is 8.72. The van der Waals surface area contributed by atoms with Gasteiger partial charge in [-0.2, -0.15) is 0 Å². The molecule has 2 aliphatic rings. The lowest BCUT2D eigenvalue weighted by molar-refractivity contribution is -0.921. The van der Waals surface area contributed by atoms with Gasteiger partial charge in [0, 0.05) is 30.8 Å². The smallest absolute Gasteiger partial charge is 0.351 e. The number of nitro groups is 1. The lowest BCUT2D eigenvalue weighted by Gasteiger charge is -2.34. The second-order valence-corrected chi connectivity index (χ2v) is 7.63. The Hall–Kier alpha value is -3.01. The quantitative estimate of drug-likeness (QED) is 0.369.